The second kappa shape index (κ2) is 3.62. The molecule has 1 aromatic rings. The van der Waals surface area contributed by atoms with Gasteiger partial charge in [-0.2, -0.15) is 5.26 Å². The van der Waals surface area contributed by atoms with Gasteiger partial charge in [-0.05, 0) is 5.56 Å². The van der Waals surface area contributed by atoms with Crippen LogP contribution in [0.1, 0.15) is 5.56 Å². The van der Waals surface area contributed by atoms with Crippen molar-refractivity contribution >= 4 is 0 Å². The predicted octanol–water partition coefficient (Wildman–Crippen LogP) is 1.60. The van der Waals surface area contributed by atoms with Crippen molar-refractivity contribution in [1.82, 2.24) is 4.90 Å². The summed E-state index contributed by atoms with van der Waals surface area (Å²) < 4.78 is 0. The maximum atomic E-state index is 8.47. The van der Waals surface area contributed by atoms with Crippen LogP contribution in [0.4, 0.5) is 0 Å². The number of nitrogens with zero attached hydrogens (tertiary/aromatic N) is 2. The summed E-state index contributed by atoms with van der Waals surface area (Å²) in [5.41, 5.74) is 1.16. The average molecular weight is 146 g/mol. The Hall–Kier alpha value is -1.49. The van der Waals surface area contributed by atoms with Crippen LogP contribution >= 0.6 is 0 Å². The van der Waals surface area contributed by atoms with E-state index in [1.54, 1.807) is 11.9 Å². The van der Waals surface area contributed by atoms with Gasteiger partial charge in [0.15, 0.2) is 6.19 Å². The Balaban J connectivity index is 2.60. The maximum Gasteiger partial charge on any atom is 0.179 e. The second-order valence-electron chi connectivity index (χ2n) is 2.44. The van der Waals surface area contributed by atoms with Gasteiger partial charge in [-0.15, -0.1) is 0 Å². The van der Waals surface area contributed by atoms with Gasteiger partial charge in [-0.25, -0.2) is 0 Å². The molecule has 0 heterocycles. The summed E-state index contributed by atoms with van der Waals surface area (Å²) in [6.45, 7) is 0.692. The van der Waals surface area contributed by atoms with Crippen molar-refractivity contribution in [2.75, 3.05) is 7.05 Å². The van der Waals surface area contributed by atoms with Crippen molar-refractivity contribution in [1.29, 1.82) is 5.26 Å². The first-order valence-corrected chi connectivity index (χ1v) is 3.47. The lowest BCUT2D eigenvalue weighted by molar-refractivity contribution is 0.469. The molecule has 0 N–H and O–H groups in total. The van der Waals surface area contributed by atoms with Gasteiger partial charge in [-0.3, -0.25) is 0 Å². The Morgan fingerprint density at radius 3 is 2.55 bits per heavy atom. The molecule has 0 radical (unpaired) electrons. The van der Waals surface area contributed by atoms with Crippen molar-refractivity contribution in [3.8, 4) is 6.19 Å². The zero-order valence-electron chi connectivity index (χ0n) is 6.49. The molecule has 0 unspecified atom stereocenters. The zero-order chi connectivity index (χ0) is 8.10. The van der Waals surface area contributed by atoms with Gasteiger partial charge in [-0.1, -0.05) is 30.3 Å². The van der Waals surface area contributed by atoms with Crippen LogP contribution in [0, 0.1) is 11.5 Å². The van der Waals surface area contributed by atoms with E-state index in [1.165, 1.54) is 0 Å². The van der Waals surface area contributed by atoms with Crippen molar-refractivity contribution in [2.45, 2.75) is 6.54 Å². The van der Waals surface area contributed by atoms with Crippen LogP contribution in [-0.2, 0) is 6.54 Å². The molecule has 1 rings (SSSR count). The van der Waals surface area contributed by atoms with Crippen LogP contribution in [-0.4, -0.2) is 11.9 Å². The fourth-order valence-corrected chi connectivity index (χ4v) is 0.893. The Morgan fingerprint density at radius 1 is 1.36 bits per heavy atom. The molecule has 0 fully saturated rings. The van der Waals surface area contributed by atoms with E-state index in [1.807, 2.05) is 36.5 Å². The molecule has 0 saturated heterocycles. The van der Waals surface area contributed by atoms with Gasteiger partial charge < -0.3 is 4.90 Å². The summed E-state index contributed by atoms with van der Waals surface area (Å²) in [5, 5.41) is 8.47. The molecule has 0 amide bonds. The molecule has 0 atom stereocenters. The summed E-state index contributed by atoms with van der Waals surface area (Å²) in [4.78, 5) is 1.59. The molecule has 2 heteroatoms. The van der Waals surface area contributed by atoms with Gasteiger partial charge >= 0.3 is 0 Å². The van der Waals surface area contributed by atoms with Crippen LogP contribution in [0.3, 0.4) is 0 Å². The summed E-state index contributed by atoms with van der Waals surface area (Å²) in [6.07, 6.45) is 2.05. The molecule has 0 aliphatic rings. The van der Waals surface area contributed by atoms with Crippen LogP contribution in [0.2, 0.25) is 0 Å². The monoisotopic (exact) mass is 146 g/mol. The van der Waals surface area contributed by atoms with Crippen molar-refractivity contribution in [3.63, 3.8) is 0 Å². The van der Waals surface area contributed by atoms with E-state index < -0.39 is 0 Å². The first-order valence-electron chi connectivity index (χ1n) is 3.47. The molecular formula is C9H10N2. The Kier molecular flexibility index (Phi) is 2.51. The van der Waals surface area contributed by atoms with E-state index in [9.17, 15) is 0 Å². The second-order valence-corrected chi connectivity index (χ2v) is 2.44. The predicted molar refractivity (Wildman–Crippen MR) is 43.5 cm³/mol. The highest BCUT2D eigenvalue weighted by Crippen LogP contribution is 2.00. The Morgan fingerprint density at radius 2 is 2.00 bits per heavy atom. The molecule has 0 aliphatic heterocycles. The number of nitriles is 1. The molecule has 0 spiro atoms. The van der Waals surface area contributed by atoms with Gasteiger partial charge in [0.1, 0.15) is 0 Å². The SMILES string of the molecule is CN(C#N)Cc1ccccc1. The first kappa shape index (κ1) is 7.62. The quantitative estimate of drug-likeness (QED) is 0.468. The van der Waals surface area contributed by atoms with E-state index >= 15 is 0 Å². The van der Waals surface area contributed by atoms with Crippen molar-refractivity contribution < 1.29 is 0 Å². The number of benzene rings is 1. The fraction of sp³-hybridized carbons (Fsp3) is 0.222. The highest BCUT2D eigenvalue weighted by Gasteiger charge is 1.93. The third-order valence-electron chi connectivity index (χ3n) is 1.43. The number of hydrogen-bond acceptors (Lipinski definition) is 2. The summed E-state index contributed by atoms with van der Waals surface area (Å²) in [7, 11) is 1.77. The lowest BCUT2D eigenvalue weighted by Crippen LogP contribution is -2.09. The standard InChI is InChI=1S/C9H10N2/c1-11(8-10)7-9-5-3-2-4-6-9/h2-6H,7H2,1H3. The van der Waals surface area contributed by atoms with Crippen molar-refractivity contribution in [3.05, 3.63) is 35.9 Å². The summed E-state index contributed by atoms with van der Waals surface area (Å²) in [6, 6.07) is 9.93. The molecule has 0 aliphatic carbocycles. The number of rotatable bonds is 2. The lowest BCUT2D eigenvalue weighted by atomic mass is 10.2. The van der Waals surface area contributed by atoms with E-state index in [0.717, 1.165) is 5.56 Å². The van der Waals surface area contributed by atoms with Crippen LogP contribution in [0.5, 0.6) is 0 Å². The Bertz CT molecular complexity index is 248. The van der Waals surface area contributed by atoms with Crippen LogP contribution in [0.25, 0.3) is 0 Å². The van der Waals surface area contributed by atoms with E-state index in [-0.39, 0.29) is 0 Å². The maximum absolute atomic E-state index is 8.47. The molecule has 0 saturated carbocycles. The highest BCUT2D eigenvalue weighted by molar-refractivity contribution is 5.14. The van der Waals surface area contributed by atoms with Gasteiger partial charge in [0.25, 0.3) is 0 Å². The smallest absolute Gasteiger partial charge is 0.179 e. The Labute approximate surface area is 66.7 Å². The van der Waals surface area contributed by atoms with Gasteiger partial charge in [0.2, 0.25) is 0 Å². The van der Waals surface area contributed by atoms with Gasteiger partial charge in [0.05, 0.1) is 6.54 Å². The normalized spacial score (nSPS) is 8.73. The number of hydrogen-bond donors (Lipinski definition) is 0. The van der Waals surface area contributed by atoms with Crippen molar-refractivity contribution in [2.24, 2.45) is 0 Å². The molecule has 2 nitrogen and oxygen atoms in total. The highest BCUT2D eigenvalue weighted by atomic mass is 15.1. The molecule has 1 aromatic carbocycles. The van der Waals surface area contributed by atoms with E-state index in [4.69, 9.17) is 5.26 Å². The van der Waals surface area contributed by atoms with Crippen LogP contribution in [0.15, 0.2) is 30.3 Å². The zero-order valence-corrected chi connectivity index (χ0v) is 6.49. The minimum absolute atomic E-state index is 0.692. The summed E-state index contributed by atoms with van der Waals surface area (Å²) in [5.74, 6) is 0. The third kappa shape index (κ3) is 2.30. The molecule has 0 bridgehead atoms. The first-order chi connectivity index (χ1) is 5.33. The topological polar surface area (TPSA) is 27.0 Å². The van der Waals surface area contributed by atoms with Crippen LogP contribution < -0.4 is 0 Å². The molecule has 56 valence electrons. The molecule has 11 heavy (non-hydrogen) atoms. The van der Waals surface area contributed by atoms with E-state index in [0.29, 0.717) is 6.54 Å². The van der Waals surface area contributed by atoms with Gasteiger partial charge in [0, 0.05) is 7.05 Å². The average Bonchev–Trinajstić information content (AvgIpc) is 2.06. The molecule has 0 aromatic heterocycles. The van der Waals surface area contributed by atoms with E-state index in [2.05, 4.69) is 0 Å². The fourth-order valence-electron chi connectivity index (χ4n) is 0.893. The minimum Gasteiger partial charge on any atom is -0.309 e. The molecular weight excluding hydrogens is 136 g/mol. The minimum atomic E-state index is 0.692. The third-order valence-corrected chi connectivity index (χ3v) is 1.43. The summed E-state index contributed by atoms with van der Waals surface area (Å²) >= 11 is 0. The largest absolute Gasteiger partial charge is 0.309 e. The lowest BCUT2D eigenvalue weighted by Gasteiger charge is -2.07.